The first-order valence-electron chi connectivity index (χ1n) is 15.9. The van der Waals surface area contributed by atoms with Gasteiger partial charge in [-0.1, -0.05) is 80.9 Å². The zero-order chi connectivity index (χ0) is 25.8. The normalized spacial score (nSPS) is 57.3. The quantitative estimate of drug-likeness (QED) is 0.345. The number of allylic oxidation sites excluding steroid dienone is 1. The molecule has 0 N–H and O–H groups in total. The standard InChI is InChI=1S/C35H60/c1-12-26-21-29-31(7,8)24(5)16-17-32(29,9)28-14-13-27-30-25(6)23(4)15-18-35(30,22(2)3)20-19-33(27,10)34(26,28)11/h23-30H,2,12-21H2,1,3-11H3. The smallest absolute Gasteiger partial charge is 0.00595 e. The van der Waals surface area contributed by atoms with Crippen LogP contribution in [0, 0.1) is 74.4 Å². The third-order valence-corrected chi connectivity index (χ3v) is 15.8. The average Bonchev–Trinajstić information content (AvgIpc) is 2.79. The van der Waals surface area contributed by atoms with E-state index in [4.69, 9.17) is 6.58 Å². The lowest BCUT2D eigenvalue weighted by Gasteiger charge is -2.76. The zero-order valence-electron chi connectivity index (χ0n) is 25.4. The first-order chi connectivity index (χ1) is 16.2. The molecule has 0 aromatic rings. The fourth-order valence-corrected chi connectivity index (χ4v) is 12.9. The number of fused-ring (bicyclic) bond motifs is 7. The Morgan fingerprint density at radius 2 is 1.51 bits per heavy atom. The van der Waals surface area contributed by atoms with Gasteiger partial charge in [0, 0.05) is 0 Å². The fourth-order valence-electron chi connectivity index (χ4n) is 12.9. The Bertz CT molecular complexity index is 850. The number of hydrogen-bond donors (Lipinski definition) is 0. The molecular weight excluding hydrogens is 420 g/mol. The highest BCUT2D eigenvalue weighted by Crippen LogP contribution is 2.79. The van der Waals surface area contributed by atoms with E-state index in [0.717, 1.165) is 47.3 Å². The minimum Gasteiger partial charge on any atom is -0.0996 e. The molecule has 0 amide bonds. The van der Waals surface area contributed by atoms with Gasteiger partial charge in [-0.2, -0.15) is 0 Å². The van der Waals surface area contributed by atoms with Crippen LogP contribution in [0.3, 0.4) is 0 Å². The Hall–Kier alpha value is -0.260. The van der Waals surface area contributed by atoms with Crippen molar-refractivity contribution in [3.63, 3.8) is 0 Å². The third kappa shape index (κ3) is 3.10. The molecule has 200 valence electrons. The Labute approximate surface area is 219 Å². The first kappa shape index (κ1) is 26.4. The van der Waals surface area contributed by atoms with Crippen molar-refractivity contribution in [2.45, 2.75) is 133 Å². The molecule has 12 atom stereocenters. The molecule has 0 aromatic heterocycles. The maximum Gasteiger partial charge on any atom is -0.00595 e. The summed E-state index contributed by atoms with van der Waals surface area (Å²) in [7, 11) is 0. The van der Waals surface area contributed by atoms with Crippen molar-refractivity contribution in [2.24, 2.45) is 74.4 Å². The van der Waals surface area contributed by atoms with E-state index in [2.05, 4.69) is 69.2 Å². The van der Waals surface area contributed by atoms with Gasteiger partial charge in [0.1, 0.15) is 0 Å². The molecule has 0 bridgehead atoms. The molecule has 5 aliphatic carbocycles. The SMILES string of the molecule is C=C(C)C12CCC(C)C(C)C1C1CCC3C4(C)CCC(C)C(C)(C)C4CC(CC)C3(C)C1(C)CC2. The van der Waals surface area contributed by atoms with Gasteiger partial charge in [0.25, 0.3) is 0 Å². The highest BCUT2D eigenvalue weighted by molar-refractivity contribution is 5.24. The molecule has 0 heteroatoms. The van der Waals surface area contributed by atoms with Gasteiger partial charge >= 0.3 is 0 Å². The van der Waals surface area contributed by atoms with E-state index in [0.29, 0.717) is 27.1 Å². The van der Waals surface area contributed by atoms with Gasteiger partial charge in [-0.15, -0.1) is 0 Å². The second-order valence-electron chi connectivity index (χ2n) is 16.4. The van der Waals surface area contributed by atoms with Crippen molar-refractivity contribution in [2.75, 3.05) is 0 Å². The van der Waals surface area contributed by atoms with Gasteiger partial charge < -0.3 is 0 Å². The van der Waals surface area contributed by atoms with Crippen LogP contribution >= 0.6 is 0 Å². The Morgan fingerprint density at radius 1 is 0.829 bits per heavy atom. The molecular formula is C35H60. The van der Waals surface area contributed by atoms with Crippen LogP contribution in [0.25, 0.3) is 0 Å². The summed E-state index contributed by atoms with van der Waals surface area (Å²) in [5, 5.41) is 0. The van der Waals surface area contributed by atoms with E-state index in [-0.39, 0.29) is 0 Å². The predicted octanol–water partition coefficient (Wildman–Crippen LogP) is 10.6. The van der Waals surface area contributed by atoms with Gasteiger partial charge in [0.15, 0.2) is 0 Å². The summed E-state index contributed by atoms with van der Waals surface area (Å²) in [6.45, 7) is 31.2. The van der Waals surface area contributed by atoms with E-state index >= 15 is 0 Å². The third-order valence-electron chi connectivity index (χ3n) is 15.8. The van der Waals surface area contributed by atoms with E-state index in [1.54, 1.807) is 0 Å². The van der Waals surface area contributed by atoms with Crippen LogP contribution in [0.1, 0.15) is 133 Å². The highest BCUT2D eigenvalue weighted by Gasteiger charge is 2.72. The molecule has 0 aliphatic heterocycles. The van der Waals surface area contributed by atoms with Crippen LogP contribution in [0.5, 0.6) is 0 Å². The van der Waals surface area contributed by atoms with E-state index in [1.807, 2.05) is 0 Å². The van der Waals surface area contributed by atoms with Crippen molar-refractivity contribution in [3.05, 3.63) is 12.2 Å². The van der Waals surface area contributed by atoms with Gasteiger partial charge in [-0.05, 0) is 139 Å². The van der Waals surface area contributed by atoms with Gasteiger partial charge in [-0.25, -0.2) is 0 Å². The summed E-state index contributed by atoms with van der Waals surface area (Å²) in [5.41, 5.74) is 3.92. The summed E-state index contributed by atoms with van der Waals surface area (Å²) < 4.78 is 0. The lowest BCUT2D eigenvalue weighted by molar-refractivity contribution is -0.272. The van der Waals surface area contributed by atoms with Crippen LogP contribution in [0.15, 0.2) is 12.2 Å². The molecule has 35 heavy (non-hydrogen) atoms. The second-order valence-corrected chi connectivity index (χ2v) is 16.4. The minimum absolute atomic E-state index is 0.421. The van der Waals surface area contributed by atoms with Gasteiger partial charge in [0.05, 0.1) is 0 Å². The van der Waals surface area contributed by atoms with Gasteiger partial charge in [0.2, 0.25) is 0 Å². The van der Waals surface area contributed by atoms with E-state index in [1.165, 1.54) is 69.8 Å². The van der Waals surface area contributed by atoms with Crippen molar-refractivity contribution >= 4 is 0 Å². The zero-order valence-corrected chi connectivity index (χ0v) is 25.4. The Morgan fingerprint density at radius 3 is 2.14 bits per heavy atom. The van der Waals surface area contributed by atoms with Crippen LogP contribution in [0.4, 0.5) is 0 Å². The average molecular weight is 481 g/mol. The van der Waals surface area contributed by atoms with Crippen molar-refractivity contribution in [1.29, 1.82) is 0 Å². The fraction of sp³-hybridized carbons (Fsp3) is 0.943. The second kappa shape index (κ2) is 8.12. The van der Waals surface area contributed by atoms with Crippen LogP contribution < -0.4 is 0 Å². The van der Waals surface area contributed by atoms with Crippen LogP contribution in [-0.4, -0.2) is 0 Å². The summed E-state index contributed by atoms with van der Waals surface area (Å²) >= 11 is 0. The molecule has 5 fully saturated rings. The maximum atomic E-state index is 4.69. The summed E-state index contributed by atoms with van der Waals surface area (Å²) in [4.78, 5) is 0. The molecule has 0 nitrogen and oxygen atoms in total. The molecule has 0 heterocycles. The monoisotopic (exact) mass is 480 g/mol. The summed E-state index contributed by atoms with van der Waals surface area (Å²) in [6.07, 6.45) is 14.5. The Kier molecular flexibility index (Phi) is 6.11. The van der Waals surface area contributed by atoms with Crippen LogP contribution in [0.2, 0.25) is 0 Å². The molecule has 5 aliphatic rings. The van der Waals surface area contributed by atoms with Crippen molar-refractivity contribution in [3.8, 4) is 0 Å². The molecule has 12 unspecified atom stereocenters. The molecule has 0 aromatic carbocycles. The van der Waals surface area contributed by atoms with E-state index in [9.17, 15) is 0 Å². The largest absolute Gasteiger partial charge is 0.0996 e. The Balaban J connectivity index is 1.62. The molecule has 0 radical (unpaired) electrons. The van der Waals surface area contributed by atoms with Gasteiger partial charge in [-0.3, -0.25) is 0 Å². The number of rotatable bonds is 2. The van der Waals surface area contributed by atoms with E-state index < -0.39 is 0 Å². The summed E-state index contributed by atoms with van der Waals surface area (Å²) in [5.74, 6) is 7.00. The van der Waals surface area contributed by atoms with Crippen LogP contribution in [-0.2, 0) is 0 Å². The highest BCUT2D eigenvalue weighted by atomic mass is 14.8. The lowest BCUT2D eigenvalue weighted by atomic mass is 9.28. The lowest BCUT2D eigenvalue weighted by Crippen LogP contribution is -2.69. The van der Waals surface area contributed by atoms with Crippen molar-refractivity contribution < 1.29 is 0 Å². The molecule has 0 saturated heterocycles. The summed E-state index contributed by atoms with van der Waals surface area (Å²) in [6, 6.07) is 0. The minimum atomic E-state index is 0.421. The molecule has 5 rings (SSSR count). The first-order valence-corrected chi connectivity index (χ1v) is 15.9. The maximum absolute atomic E-state index is 4.69. The predicted molar refractivity (Wildman–Crippen MR) is 152 cm³/mol. The number of hydrogen-bond acceptors (Lipinski definition) is 0. The molecule has 5 saturated carbocycles. The topological polar surface area (TPSA) is 0 Å². The van der Waals surface area contributed by atoms with Crippen molar-refractivity contribution in [1.82, 2.24) is 0 Å². The molecule has 0 spiro atoms.